The molecule has 0 N–H and O–H groups in total. The number of hydrogen-bond acceptors (Lipinski definition) is 2. The first kappa shape index (κ1) is 13.6. The Balaban J connectivity index is 2.07. The van der Waals surface area contributed by atoms with Crippen molar-refractivity contribution >= 4 is 17.4 Å². The predicted octanol–water partition coefficient (Wildman–Crippen LogP) is 4.13. The molecule has 0 saturated carbocycles. The van der Waals surface area contributed by atoms with Gasteiger partial charge in [0.2, 0.25) is 5.78 Å². The third-order valence-electron chi connectivity index (χ3n) is 2.62. The summed E-state index contributed by atoms with van der Waals surface area (Å²) in [6.07, 6.45) is -0.647. The zero-order chi connectivity index (χ0) is 13.8. The van der Waals surface area contributed by atoms with Crippen LogP contribution in [0.25, 0.3) is 0 Å². The van der Waals surface area contributed by atoms with Crippen LogP contribution in [-0.2, 0) is 0 Å². The standard InChI is InChI=1S/C15H12ClFO2/c1-10(19-14-8-6-13(17)7-9-14)15(18)11-2-4-12(16)5-3-11/h2-10H,1H3/t10-/m0/s1. The summed E-state index contributed by atoms with van der Waals surface area (Å²) in [4.78, 5) is 12.1. The number of rotatable bonds is 4. The van der Waals surface area contributed by atoms with Crippen molar-refractivity contribution in [1.29, 1.82) is 0 Å². The van der Waals surface area contributed by atoms with Crippen molar-refractivity contribution in [3.63, 3.8) is 0 Å². The molecule has 0 fully saturated rings. The van der Waals surface area contributed by atoms with Crippen molar-refractivity contribution in [3.05, 3.63) is 64.9 Å². The first-order chi connectivity index (χ1) is 9.06. The Kier molecular flexibility index (Phi) is 4.17. The maximum Gasteiger partial charge on any atom is 0.202 e. The maximum atomic E-state index is 12.8. The van der Waals surface area contributed by atoms with Crippen molar-refractivity contribution in [2.75, 3.05) is 0 Å². The fourth-order valence-corrected chi connectivity index (χ4v) is 1.75. The second-order valence-corrected chi connectivity index (χ2v) is 4.52. The Labute approximate surface area is 115 Å². The molecule has 0 radical (unpaired) electrons. The molecule has 1 atom stereocenters. The first-order valence-electron chi connectivity index (χ1n) is 5.78. The van der Waals surface area contributed by atoms with Gasteiger partial charge in [-0.1, -0.05) is 11.6 Å². The number of Topliss-reactive ketones (excluding diaryl/α,β-unsaturated/α-hetero) is 1. The lowest BCUT2D eigenvalue weighted by atomic mass is 10.1. The van der Waals surface area contributed by atoms with E-state index in [1.807, 2.05) is 0 Å². The van der Waals surface area contributed by atoms with E-state index in [2.05, 4.69) is 0 Å². The second kappa shape index (κ2) is 5.85. The minimum atomic E-state index is -0.647. The molecule has 0 aliphatic heterocycles. The second-order valence-electron chi connectivity index (χ2n) is 4.09. The zero-order valence-corrected chi connectivity index (χ0v) is 11.0. The normalized spacial score (nSPS) is 11.9. The Morgan fingerprint density at radius 3 is 2.26 bits per heavy atom. The Hall–Kier alpha value is -1.87. The Bertz CT molecular complexity index is 564. The quantitative estimate of drug-likeness (QED) is 0.786. The van der Waals surface area contributed by atoms with Crippen molar-refractivity contribution in [2.45, 2.75) is 13.0 Å². The van der Waals surface area contributed by atoms with Crippen molar-refractivity contribution in [2.24, 2.45) is 0 Å². The van der Waals surface area contributed by atoms with Gasteiger partial charge in [-0.05, 0) is 55.5 Å². The van der Waals surface area contributed by atoms with Gasteiger partial charge < -0.3 is 4.74 Å². The molecular formula is C15H12ClFO2. The maximum absolute atomic E-state index is 12.8. The summed E-state index contributed by atoms with van der Waals surface area (Å²) < 4.78 is 18.2. The number of halogens is 2. The summed E-state index contributed by atoms with van der Waals surface area (Å²) in [7, 11) is 0. The number of ether oxygens (including phenoxy) is 1. The van der Waals surface area contributed by atoms with Gasteiger partial charge in [-0.2, -0.15) is 0 Å². The molecule has 0 aliphatic carbocycles. The molecule has 0 bridgehead atoms. The number of hydrogen-bond donors (Lipinski definition) is 0. The molecule has 0 amide bonds. The topological polar surface area (TPSA) is 26.3 Å². The monoisotopic (exact) mass is 278 g/mol. The summed E-state index contributed by atoms with van der Waals surface area (Å²) in [6, 6.07) is 12.1. The minimum Gasteiger partial charge on any atom is -0.483 e. The lowest BCUT2D eigenvalue weighted by Crippen LogP contribution is -2.23. The Morgan fingerprint density at radius 1 is 1.11 bits per heavy atom. The van der Waals surface area contributed by atoms with Crippen LogP contribution in [0.3, 0.4) is 0 Å². The van der Waals surface area contributed by atoms with Gasteiger partial charge >= 0.3 is 0 Å². The molecule has 0 heterocycles. The molecule has 0 aliphatic rings. The third kappa shape index (κ3) is 3.55. The van der Waals surface area contributed by atoms with E-state index in [-0.39, 0.29) is 11.6 Å². The van der Waals surface area contributed by atoms with E-state index < -0.39 is 6.10 Å². The highest BCUT2D eigenvalue weighted by atomic mass is 35.5. The number of carbonyl (C=O) groups is 1. The average Bonchev–Trinajstić information content (AvgIpc) is 2.41. The van der Waals surface area contributed by atoms with Gasteiger partial charge in [0.05, 0.1) is 0 Å². The number of ketones is 1. The smallest absolute Gasteiger partial charge is 0.202 e. The van der Waals surface area contributed by atoms with Crippen LogP contribution in [0.15, 0.2) is 48.5 Å². The van der Waals surface area contributed by atoms with Crippen LogP contribution in [0, 0.1) is 5.82 Å². The lowest BCUT2D eigenvalue weighted by molar-refractivity contribution is 0.0818. The van der Waals surface area contributed by atoms with E-state index in [0.29, 0.717) is 16.3 Å². The van der Waals surface area contributed by atoms with Gasteiger partial charge in [-0.15, -0.1) is 0 Å². The first-order valence-corrected chi connectivity index (χ1v) is 6.16. The van der Waals surface area contributed by atoms with Gasteiger partial charge in [0.15, 0.2) is 6.10 Å². The van der Waals surface area contributed by atoms with E-state index in [4.69, 9.17) is 16.3 Å². The fraction of sp³-hybridized carbons (Fsp3) is 0.133. The summed E-state index contributed by atoms with van der Waals surface area (Å²) in [5.41, 5.74) is 0.527. The van der Waals surface area contributed by atoms with Crippen LogP contribution in [-0.4, -0.2) is 11.9 Å². The third-order valence-corrected chi connectivity index (χ3v) is 2.88. The summed E-state index contributed by atoms with van der Waals surface area (Å²) >= 11 is 5.76. The summed E-state index contributed by atoms with van der Waals surface area (Å²) in [5, 5.41) is 0.573. The molecule has 4 heteroatoms. The van der Waals surface area contributed by atoms with Crippen LogP contribution in [0.1, 0.15) is 17.3 Å². The predicted molar refractivity (Wildman–Crippen MR) is 72.3 cm³/mol. The molecule has 0 spiro atoms. The lowest BCUT2D eigenvalue weighted by Gasteiger charge is -2.13. The molecule has 2 nitrogen and oxygen atoms in total. The van der Waals surface area contributed by atoms with Gasteiger partial charge in [0, 0.05) is 10.6 Å². The molecule has 2 aromatic rings. The minimum absolute atomic E-state index is 0.152. The van der Waals surface area contributed by atoms with Gasteiger partial charge in [0.1, 0.15) is 11.6 Å². The molecule has 2 rings (SSSR count). The van der Waals surface area contributed by atoms with Gasteiger partial charge in [-0.3, -0.25) is 4.79 Å². The summed E-state index contributed by atoms with van der Waals surface area (Å²) in [6.45, 7) is 1.65. The highest BCUT2D eigenvalue weighted by molar-refractivity contribution is 6.30. The molecule has 98 valence electrons. The van der Waals surface area contributed by atoms with Crippen molar-refractivity contribution < 1.29 is 13.9 Å². The molecule has 0 unspecified atom stereocenters. The fourth-order valence-electron chi connectivity index (χ4n) is 1.62. The van der Waals surface area contributed by atoms with Gasteiger partial charge in [-0.25, -0.2) is 4.39 Å². The van der Waals surface area contributed by atoms with E-state index in [9.17, 15) is 9.18 Å². The highest BCUT2D eigenvalue weighted by Gasteiger charge is 2.16. The molecule has 0 saturated heterocycles. The van der Waals surface area contributed by atoms with Crippen LogP contribution in [0.5, 0.6) is 5.75 Å². The highest BCUT2D eigenvalue weighted by Crippen LogP contribution is 2.16. The molecular weight excluding hydrogens is 267 g/mol. The number of carbonyl (C=O) groups excluding carboxylic acids is 1. The number of benzene rings is 2. The van der Waals surface area contributed by atoms with Crippen LogP contribution < -0.4 is 4.74 Å². The molecule has 19 heavy (non-hydrogen) atoms. The van der Waals surface area contributed by atoms with E-state index >= 15 is 0 Å². The Morgan fingerprint density at radius 2 is 1.68 bits per heavy atom. The van der Waals surface area contributed by atoms with E-state index in [1.54, 1.807) is 31.2 Å². The van der Waals surface area contributed by atoms with Crippen LogP contribution in [0.4, 0.5) is 4.39 Å². The van der Waals surface area contributed by atoms with Crippen LogP contribution in [0.2, 0.25) is 5.02 Å². The van der Waals surface area contributed by atoms with Crippen molar-refractivity contribution in [1.82, 2.24) is 0 Å². The van der Waals surface area contributed by atoms with Crippen molar-refractivity contribution in [3.8, 4) is 5.75 Å². The average molecular weight is 279 g/mol. The molecule has 0 aromatic heterocycles. The molecule has 2 aromatic carbocycles. The summed E-state index contributed by atoms with van der Waals surface area (Å²) in [5.74, 6) is -0.0405. The SMILES string of the molecule is C[C@H](Oc1ccc(F)cc1)C(=O)c1ccc(Cl)cc1. The van der Waals surface area contributed by atoms with Crippen LogP contribution >= 0.6 is 11.6 Å². The van der Waals surface area contributed by atoms with E-state index in [1.165, 1.54) is 24.3 Å². The van der Waals surface area contributed by atoms with E-state index in [0.717, 1.165) is 0 Å². The van der Waals surface area contributed by atoms with Gasteiger partial charge in [0.25, 0.3) is 0 Å². The largest absolute Gasteiger partial charge is 0.483 e. The zero-order valence-electron chi connectivity index (χ0n) is 10.3.